The van der Waals surface area contributed by atoms with E-state index in [1.165, 1.54) is 18.0 Å². The fraction of sp³-hybridized carbons (Fsp3) is 0.273. The van der Waals surface area contributed by atoms with Gasteiger partial charge < -0.3 is 4.42 Å². The molecule has 0 bridgehead atoms. The Balaban J connectivity index is 1.99. The van der Waals surface area contributed by atoms with Crippen molar-refractivity contribution in [1.29, 1.82) is 0 Å². The zero-order chi connectivity index (χ0) is 13.0. The van der Waals surface area contributed by atoms with E-state index in [9.17, 15) is 8.42 Å². The molecule has 0 unspecified atom stereocenters. The Hall–Kier alpha value is -1.34. The largest absolute Gasteiger partial charge is 0.411 e. The van der Waals surface area contributed by atoms with Crippen molar-refractivity contribution in [3.63, 3.8) is 0 Å². The van der Waals surface area contributed by atoms with E-state index in [0.29, 0.717) is 16.9 Å². The molecule has 0 radical (unpaired) electrons. The van der Waals surface area contributed by atoms with Crippen molar-refractivity contribution in [2.24, 2.45) is 0 Å². The SMILES string of the molecule is CS(=O)(=O)CCSc1nnc(-c2ccccc2)o1. The second-order valence-corrected chi connectivity index (χ2v) is 7.02. The Bertz CT molecular complexity index is 608. The summed E-state index contributed by atoms with van der Waals surface area (Å²) in [5.74, 6) is 0.952. The predicted molar refractivity (Wildman–Crippen MR) is 70.2 cm³/mol. The highest BCUT2D eigenvalue weighted by Crippen LogP contribution is 2.22. The molecule has 0 amide bonds. The highest BCUT2D eigenvalue weighted by molar-refractivity contribution is 8.00. The van der Waals surface area contributed by atoms with Crippen LogP contribution in [0.2, 0.25) is 0 Å². The summed E-state index contributed by atoms with van der Waals surface area (Å²) in [4.78, 5) is 0. The molecule has 0 aliphatic rings. The molecular formula is C11H12N2O3S2. The van der Waals surface area contributed by atoms with Crippen LogP contribution in [-0.4, -0.2) is 36.4 Å². The van der Waals surface area contributed by atoms with Gasteiger partial charge in [-0.2, -0.15) is 0 Å². The van der Waals surface area contributed by atoms with Crippen LogP contribution in [0.1, 0.15) is 0 Å². The first-order chi connectivity index (χ1) is 8.54. The molecule has 0 aliphatic carbocycles. The highest BCUT2D eigenvalue weighted by atomic mass is 32.2. The number of aromatic nitrogens is 2. The summed E-state index contributed by atoms with van der Waals surface area (Å²) < 4.78 is 27.4. The summed E-state index contributed by atoms with van der Waals surface area (Å²) in [6, 6.07) is 9.42. The smallest absolute Gasteiger partial charge is 0.276 e. The molecule has 0 aliphatic heterocycles. The van der Waals surface area contributed by atoms with E-state index in [0.717, 1.165) is 5.56 Å². The van der Waals surface area contributed by atoms with E-state index in [4.69, 9.17) is 4.42 Å². The fourth-order valence-electron chi connectivity index (χ4n) is 1.25. The van der Waals surface area contributed by atoms with Gasteiger partial charge in [-0.3, -0.25) is 0 Å². The Morgan fingerprint density at radius 2 is 1.94 bits per heavy atom. The average molecular weight is 284 g/mol. The van der Waals surface area contributed by atoms with Gasteiger partial charge >= 0.3 is 0 Å². The van der Waals surface area contributed by atoms with Crippen molar-refractivity contribution in [3.05, 3.63) is 30.3 Å². The summed E-state index contributed by atoms with van der Waals surface area (Å²) in [6.07, 6.45) is 1.21. The van der Waals surface area contributed by atoms with Gasteiger partial charge in [0.25, 0.3) is 5.22 Å². The number of hydrogen-bond donors (Lipinski definition) is 0. The molecule has 0 saturated carbocycles. The maximum atomic E-state index is 11.0. The summed E-state index contributed by atoms with van der Waals surface area (Å²) in [5.41, 5.74) is 0.847. The third-order valence-corrected chi connectivity index (χ3v) is 4.13. The van der Waals surface area contributed by atoms with Crippen LogP contribution in [0.3, 0.4) is 0 Å². The van der Waals surface area contributed by atoms with Gasteiger partial charge in [-0.1, -0.05) is 30.0 Å². The van der Waals surface area contributed by atoms with E-state index in [-0.39, 0.29) is 5.75 Å². The molecule has 7 heteroatoms. The molecule has 96 valence electrons. The summed E-state index contributed by atoms with van der Waals surface area (Å²) in [6.45, 7) is 0. The van der Waals surface area contributed by atoms with Crippen LogP contribution >= 0.6 is 11.8 Å². The molecule has 0 saturated heterocycles. The highest BCUT2D eigenvalue weighted by Gasteiger charge is 2.09. The van der Waals surface area contributed by atoms with Crippen LogP contribution in [0.4, 0.5) is 0 Å². The number of hydrogen-bond acceptors (Lipinski definition) is 6. The molecule has 18 heavy (non-hydrogen) atoms. The number of sulfone groups is 1. The van der Waals surface area contributed by atoms with Gasteiger partial charge in [0.05, 0.1) is 5.75 Å². The standard InChI is InChI=1S/C11H12N2O3S2/c1-18(14,15)8-7-17-11-13-12-10(16-11)9-5-3-2-4-6-9/h2-6H,7-8H2,1H3. The van der Waals surface area contributed by atoms with Crippen molar-refractivity contribution >= 4 is 21.6 Å². The minimum Gasteiger partial charge on any atom is -0.411 e. The number of nitrogens with zero attached hydrogens (tertiary/aromatic N) is 2. The van der Waals surface area contributed by atoms with Gasteiger partial charge in [0.15, 0.2) is 0 Å². The van der Waals surface area contributed by atoms with Gasteiger partial charge in [0, 0.05) is 17.6 Å². The lowest BCUT2D eigenvalue weighted by molar-refractivity contribution is 0.466. The van der Waals surface area contributed by atoms with Gasteiger partial charge in [0.2, 0.25) is 5.89 Å². The zero-order valence-electron chi connectivity index (χ0n) is 9.74. The summed E-state index contributed by atoms with van der Waals surface area (Å²) in [7, 11) is -2.95. The van der Waals surface area contributed by atoms with Crippen LogP contribution < -0.4 is 0 Å². The first kappa shape index (κ1) is 13.1. The third kappa shape index (κ3) is 3.85. The summed E-state index contributed by atoms with van der Waals surface area (Å²) in [5, 5.41) is 8.16. The van der Waals surface area contributed by atoms with Crippen LogP contribution in [0.15, 0.2) is 40.0 Å². The van der Waals surface area contributed by atoms with Crippen molar-refractivity contribution in [3.8, 4) is 11.5 Å². The normalized spacial score (nSPS) is 11.6. The fourth-order valence-corrected chi connectivity index (χ4v) is 3.20. The van der Waals surface area contributed by atoms with Crippen LogP contribution in [0.5, 0.6) is 0 Å². The molecule has 0 fully saturated rings. The Morgan fingerprint density at radius 1 is 1.22 bits per heavy atom. The zero-order valence-corrected chi connectivity index (χ0v) is 11.4. The first-order valence-electron chi connectivity index (χ1n) is 5.24. The lowest BCUT2D eigenvalue weighted by Gasteiger charge is -1.95. The van der Waals surface area contributed by atoms with Gasteiger partial charge in [0.1, 0.15) is 9.84 Å². The molecule has 0 spiro atoms. The Morgan fingerprint density at radius 3 is 2.61 bits per heavy atom. The van der Waals surface area contributed by atoms with E-state index < -0.39 is 9.84 Å². The summed E-state index contributed by atoms with van der Waals surface area (Å²) >= 11 is 1.24. The molecule has 2 aromatic rings. The molecular weight excluding hydrogens is 272 g/mol. The maximum Gasteiger partial charge on any atom is 0.276 e. The van der Waals surface area contributed by atoms with E-state index in [1.807, 2.05) is 30.3 Å². The quantitative estimate of drug-likeness (QED) is 0.780. The number of rotatable bonds is 5. The first-order valence-corrected chi connectivity index (χ1v) is 8.29. The average Bonchev–Trinajstić information content (AvgIpc) is 2.77. The van der Waals surface area contributed by atoms with Crippen LogP contribution in [0.25, 0.3) is 11.5 Å². The monoisotopic (exact) mass is 284 g/mol. The third-order valence-electron chi connectivity index (χ3n) is 2.11. The molecule has 5 nitrogen and oxygen atoms in total. The predicted octanol–water partition coefficient (Wildman–Crippen LogP) is 1.87. The van der Waals surface area contributed by atoms with Crippen LogP contribution in [-0.2, 0) is 9.84 Å². The van der Waals surface area contributed by atoms with E-state index in [2.05, 4.69) is 10.2 Å². The molecule has 0 atom stereocenters. The Labute approximate surface area is 110 Å². The Kier molecular flexibility index (Phi) is 4.03. The lowest BCUT2D eigenvalue weighted by Crippen LogP contribution is -2.04. The lowest BCUT2D eigenvalue weighted by atomic mass is 10.2. The minimum absolute atomic E-state index is 0.0979. The van der Waals surface area contributed by atoms with Gasteiger partial charge in [-0.25, -0.2) is 8.42 Å². The number of benzene rings is 1. The molecule has 2 rings (SSSR count). The van der Waals surface area contributed by atoms with E-state index in [1.54, 1.807) is 0 Å². The maximum absolute atomic E-state index is 11.0. The minimum atomic E-state index is -2.95. The number of thioether (sulfide) groups is 1. The van der Waals surface area contributed by atoms with Crippen LogP contribution in [0, 0.1) is 0 Å². The second-order valence-electron chi connectivity index (χ2n) is 3.72. The van der Waals surface area contributed by atoms with Crippen molar-refractivity contribution in [2.75, 3.05) is 17.8 Å². The van der Waals surface area contributed by atoms with Gasteiger partial charge in [-0.15, -0.1) is 10.2 Å². The molecule has 1 aromatic heterocycles. The topological polar surface area (TPSA) is 73.1 Å². The van der Waals surface area contributed by atoms with Crippen molar-refractivity contribution < 1.29 is 12.8 Å². The molecule has 0 N–H and O–H groups in total. The van der Waals surface area contributed by atoms with Crippen molar-refractivity contribution in [1.82, 2.24) is 10.2 Å². The molecule has 1 heterocycles. The second kappa shape index (κ2) is 5.53. The van der Waals surface area contributed by atoms with Gasteiger partial charge in [-0.05, 0) is 12.1 Å². The van der Waals surface area contributed by atoms with E-state index >= 15 is 0 Å². The molecule has 1 aromatic carbocycles. The van der Waals surface area contributed by atoms with Crippen molar-refractivity contribution in [2.45, 2.75) is 5.22 Å².